The van der Waals surface area contributed by atoms with Crippen molar-refractivity contribution in [1.82, 2.24) is 0 Å². The fourth-order valence-electron chi connectivity index (χ4n) is 7.34. The molecule has 0 N–H and O–H groups in total. The van der Waals surface area contributed by atoms with E-state index in [4.69, 9.17) is 4.74 Å². The zero-order valence-corrected chi connectivity index (χ0v) is 21.6. The van der Waals surface area contributed by atoms with Crippen LogP contribution in [0.25, 0.3) is 0 Å². The van der Waals surface area contributed by atoms with E-state index < -0.39 is 23.1 Å². The molecule has 0 spiro atoms. The van der Waals surface area contributed by atoms with Crippen LogP contribution < -0.4 is 34.7 Å². The van der Waals surface area contributed by atoms with Gasteiger partial charge in [0.05, 0.1) is 6.61 Å². The standard InChI is InChI=1S/C25H32O6.Na/c1-4-31-23(30)20(28)12-19(27)18-8-7-17-16-6-5-14-11-15(26)9-10-24(14,2)22(16)21(29)13-25(17,18)3;/h11-12,16-18,22,28H,4-10,13H2,1-3H3;/q;+1/p-1/b20-12+;/t16-,17-,18+,22+,24-,25-;/m0./s1. The van der Waals surface area contributed by atoms with Gasteiger partial charge in [0.1, 0.15) is 5.78 Å². The summed E-state index contributed by atoms with van der Waals surface area (Å²) in [5.74, 6) is -2.06. The van der Waals surface area contributed by atoms with Crippen molar-refractivity contribution >= 4 is 23.3 Å². The first-order valence-corrected chi connectivity index (χ1v) is 11.5. The number of ether oxygens (including phenoxy) is 1. The number of fused-ring (bicyclic) bond motifs is 5. The summed E-state index contributed by atoms with van der Waals surface area (Å²) < 4.78 is 4.70. The van der Waals surface area contributed by atoms with E-state index in [1.807, 2.05) is 6.92 Å². The van der Waals surface area contributed by atoms with Gasteiger partial charge in [0.2, 0.25) is 0 Å². The van der Waals surface area contributed by atoms with E-state index >= 15 is 0 Å². The Morgan fingerprint density at radius 3 is 2.59 bits per heavy atom. The first kappa shape index (κ1) is 25.4. The SMILES string of the molecule is CCOC(=O)/C([O-])=C\C(=O)[C@H]1CC[C@H]2[C@@H]3CCC4=CC(=O)CC[C@]4(C)[C@H]3C(=O)C[C@]12C.[Na+]. The molecule has 0 bridgehead atoms. The summed E-state index contributed by atoms with van der Waals surface area (Å²) in [5.41, 5.74) is 0.368. The number of hydrogen-bond acceptors (Lipinski definition) is 6. The third kappa shape index (κ3) is 3.97. The summed E-state index contributed by atoms with van der Waals surface area (Å²) in [6, 6.07) is 0. The predicted octanol–water partition coefficient (Wildman–Crippen LogP) is -0.306. The first-order valence-electron chi connectivity index (χ1n) is 11.5. The first-order chi connectivity index (χ1) is 14.6. The Morgan fingerprint density at radius 1 is 1.19 bits per heavy atom. The molecule has 32 heavy (non-hydrogen) atoms. The minimum absolute atomic E-state index is 0. The molecule has 3 fully saturated rings. The van der Waals surface area contributed by atoms with Crippen molar-refractivity contribution in [2.24, 2.45) is 34.5 Å². The Bertz CT molecular complexity index is 904. The number of hydrogen-bond donors (Lipinski definition) is 0. The molecule has 4 rings (SSSR count). The quantitative estimate of drug-likeness (QED) is 0.252. The maximum absolute atomic E-state index is 13.5. The molecule has 0 unspecified atom stereocenters. The van der Waals surface area contributed by atoms with Gasteiger partial charge in [0.25, 0.3) is 0 Å². The van der Waals surface area contributed by atoms with E-state index in [1.165, 1.54) is 0 Å². The second kappa shape index (κ2) is 9.19. The summed E-state index contributed by atoms with van der Waals surface area (Å²) in [7, 11) is 0. The number of rotatable bonds is 4. The van der Waals surface area contributed by atoms with Crippen molar-refractivity contribution in [3.05, 3.63) is 23.5 Å². The molecule has 0 aromatic heterocycles. The summed E-state index contributed by atoms with van der Waals surface area (Å²) in [4.78, 5) is 50.1. The van der Waals surface area contributed by atoms with E-state index in [1.54, 1.807) is 13.0 Å². The number of allylic oxidation sites excluding steroid dienone is 2. The Labute approximate surface area is 211 Å². The summed E-state index contributed by atoms with van der Waals surface area (Å²) in [5, 5.41) is 12.0. The number of ketones is 3. The van der Waals surface area contributed by atoms with Gasteiger partial charge in [0.15, 0.2) is 11.6 Å². The van der Waals surface area contributed by atoms with Gasteiger partial charge in [0, 0.05) is 24.7 Å². The van der Waals surface area contributed by atoms with Crippen LogP contribution in [0.2, 0.25) is 0 Å². The van der Waals surface area contributed by atoms with Gasteiger partial charge in [-0.05, 0) is 79.6 Å². The number of carbonyl (C=O) groups excluding carboxylic acids is 4. The Morgan fingerprint density at radius 2 is 1.91 bits per heavy atom. The topological polar surface area (TPSA) is 101 Å². The normalized spacial score (nSPS) is 38.6. The van der Waals surface area contributed by atoms with Gasteiger partial charge in [-0.3, -0.25) is 14.4 Å². The van der Waals surface area contributed by atoms with E-state index in [9.17, 15) is 24.3 Å². The van der Waals surface area contributed by atoms with E-state index in [-0.39, 0.29) is 76.7 Å². The fraction of sp³-hybridized carbons (Fsp3) is 0.680. The predicted molar refractivity (Wildman–Crippen MR) is 110 cm³/mol. The molecule has 6 atom stereocenters. The molecule has 4 aliphatic carbocycles. The zero-order chi connectivity index (χ0) is 22.6. The average molecular weight is 451 g/mol. The molecule has 6 nitrogen and oxygen atoms in total. The van der Waals surface area contributed by atoms with Crippen LogP contribution in [0.1, 0.15) is 65.7 Å². The van der Waals surface area contributed by atoms with Crippen LogP contribution in [0.15, 0.2) is 23.5 Å². The van der Waals surface area contributed by atoms with E-state index in [0.717, 1.165) is 37.3 Å². The van der Waals surface area contributed by atoms with Crippen molar-refractivity contribution in [3.8, 4) is 0 Å². The number of carbonyl (C=O) groups is 4. The van der Waals surface area contributed by atoms with Crippen LogP contribution in [-0.4, -0.2) is 29.9 Å². The van der Waals surface area contributed by atoms with E-state index in [0.29, 0.717) is 19.3 Å². The van der Waals surface area contributed by atoms with Crippen molar-refractivity contribution in [3.63, 3.8) is 0 Å². The monoisotopic (exact) mass is 450 g/mol. The maximum atomic E-state index is 13.5. The van der Waals surface area contributed by atoms with Crippen LogP contribution in [0.3, 0.4) is 0 Å². The van der Waals surface area contributed by atoms with Crippen LogP contribution in [0.4, 0.5) is 0 Å². The molecule has 0 amide bonds. The molecular weight excluding hydrogens is 419 g/mol. The molecule has 0 saturated heterocycles. The molecule has 4 aliphatic rings. The minimum Gasteiger partial charge on any atom is -0.868 e. The molecule has 0 aromatic rings. The third-order valence-corrected chi connectivity index (χ3v) is 8.74. The van der Waals surface area contributed by atoms with Crippen LogP contribution in [0, 0.1) is 34.5 Å². The number of Topliss-reactive ketones (excluding diaryl/α,β-unsaturated/α-hetero) is 1. The Kier molecular flexibility index (Phi) is 7.29. The zero-order valence-electron chi connectivity index (χ0n) is 19.6. The Balaban J connectivity index is 0.00000289. The molecule has 0 aromatic carbocycles. The van der Waals surface area contributed by atoms with E-state index in [2.05, 4.69) is 6.92 Å². The van der Waals surface area contributed by atoms with Gasteiger partial charge in [-0.25, -0.2) is 4.79 Å². The molecular formula is C25H31NaO6. The largest absolute Gasteiger partial charge is 1.00 e. The fourth-order valence-corrected chi connectivity index (χ4v) is 7.34. The summed E-state index contributed by atoms with van der Waals surface area (Å²) >= 11 is 0. The van der Waals surface area contributed by atoms with Gasteiger partial charge in [-0.15, -0.1) is 0 Å². The second-order valence-electron chi connectivity index (χ2n) is 10.3. The molecule has 0 heterocycles. The van der Waals surface area contributed by atoms with Crippen LogP contribution >= 0.6 is 0 Å². The Hall–Kier alpha value is -1.24. The molecule has 0 aliphatic heterocycles. The van der Waals surface area contributed by atoms with Crippen molar-refractivity contribution in [2.45, 2.75) is 65.7 Å². The summed E-state index contributed by atoms with van der Waals surface area (Å²) in [6.07, 6.45) is 7.33. The number of esters is 1. The molecule has 168 valence electrons. The van der Waals surface area contributed by atoms with Crippen molar-refractivity contribution < 1.29 is 58.6 Å². The average Bonchev–Trinajstić information content (AvgIpc) is 3.05. The van der Waals surface area contributed by atoms with Crippen molar-refractivity contribution in [2.75, 3.05) is 6.61 Å². The third-order valence-electron chi connectivity index (χ3n) is 8.74. The summed E-state index contributed by atoms with van der Waals surface area (Å²) in [6.45, 7) is 5.84. The van der Waals surface area contributed by atoms with Gasteiger partial charge < -0.3 is 9.84 Å². The minimum atomic E-state index is -1.01. The van der Waals surface area contributed by atoms with Gasteiger partial charge in [-0.1, -0.05) is 19.4 Å². The van der Waals surface area contributed by atoms with Crippen LogP contribution in [0.5, 0.6) is 0 Å². The maximum Gasteiger partial charge on any atom is 1.00 e. The molecule has 3 saturated carbocycles. The van der Waals surface area contributed by atoms with Crippen molar-refractivity contribution in [1.29, 1.82) is 0 Å². The smallest absolute Gasteiger partial charge is 0.868 e. The van der Waals surface area contributed by atoms with Gasteiger partial charge in [-0.2, -0.15) is 0 Å². The van der Waals surface area contributed by atoms with Gasteiger partial charge >= 0.3 is 35.5 Å². The molecule has 0 radical (unpaired) electrons. The van der Waals surface area contributed by atoms with Crippen LogP contribution in [-0.2, 0) is 23.9 Å². The second-order valence-corrected chi connectivity index (χ2v) is 10.3. The molecule has 7 heteroatoms.